The van der Waals surface area contributed by atoms with Crippen molar-refractivity contribution in [1.82, 2.24) is 4.98 Å². The van der Waals surface area contributed by atoms with Gasteiger partial charge in [-0.1, -0.05) is 36.4 Å². The molecule has 5 rings (SSSR count). The highest BCUT2D eigenvalue weighted by Gasteiger charge is 2.21. The van der Waals surface area contributed by atoms with Gasteiger partial charge in [-0.3, -0.25) is 0 Å². The number of benzene rings is 3. The summed E-state index contributed by atoms with van der Waals surface area (Å²) >= 11 is 0. The molecule has 1 aliphatic carbocycles. The minimum Gasteiger partial charge on any atom is -0.398 e. The highest BCUT2D eigenvalue weighted by molar-refractivity contribution is 6.14. The number of nitrogens with two attached hydrogens (primary N) is 1. The Kier molecular flexibility index (Phi) is 2.57. The summed E-state index contributed by atoms with van der Waals surface area (Å²) in [6, 6.07) is 19.1. The highest BCUT2D eigenvalue weighted by Crippen LogP contribution is 2.41. The number of fused-ring (bicyclic) bond motifs is 5. The number of nitrogens with one attached hydrogen (secondary N) is 1. The minimum absolute atomic E-state index is 0.838. The van der Waals surface area contributed by atoms with E-state index in [9.17, 15) is 0 Å². The molecule has 112 valence electrons. The van der Waals surface area contributed by atoms with Gasteiger partial charge in [0, 0.05) is 33.1 Å². The van der Waals surface area contributed by atoms with Crippen LogP contribution in [0.25, 0.3) is 32.9 Å². The summed E-state index contributed by atoms with van der Waals surface area (Å²) in [5.74, 6) is 0. The molecule has 4 aromatic rings. The van der Waals surface area contributed by atoms with E-state index >= 15 is 0 Å². The van der Waals surface area contributed by atoms with Gasteiger partial charge in [0.25, 0.3) is 0 Å². The van der Waals surface area contributed by atoms with E-state index in [1.165, 1.54) is 57.8 Å². The maximum Gasteiger partial charge on any atom is 0.0548 e. The molecule has 0 bridgehead atoms. The van der Waals surface area contributed by atoms with Crippen LogP contribution in [0, 0.1) is 0 Å². The molecule has 0 saturated carbocycles. The predicted octanol–water partition coefficient (Wildman–Crippen LogP) is 5.06. The summed E-state index contributed by atoms with van der Waals surface area (Å²) < 4.78 is 0. The Bertz CT molecular complexity index is 1060. The lowest BCUT2D eigenvalue weighted by Gasteiger charge is -2.11. The number of hydrogen-bond acceptors (Lipinski definition) is 1. The van der Waals surface area contributed by atoms with Crippen molar-refractivity contribution < 1.29 is 0 Å². The second-order valence-electron chi connectivity index (χ2n) is 6.42. The smallest absolute Gasteiger partial charge is 0.0548 e. The van der Waals surface area contributed by atoms with Gasteiger partial charge in [0.05, 0.1) is 5.52 Å². The van der Waals surface area contributed by atoms with Crippen molar-refractivity contribution in [2.75, 3.05) is 5.73 Å². The van der Waals surface area contributed by atoms with Crippen LogP contribution in [0.2, 0.25) is 0 Å². The molecule has 0 unspecified atom stereocenters. The molecule has 2 nitrogen and oxygen atoms in total. The summed E-state index contributed by atoms with van der Waals surface area (Å²) in [6.45, 7) is 0. The maximum absolute atomic E-state index is 6.27. The Balaban J connectivity index is 1.98. The Hall–Kier alpha value is -2.74. The van der Waals surface area contributed by atoms with Crippen molar-refractivity contribution in [3.8, 4) is 11.1 Å². The van der Waals surface area contributed by atoms with Crippen LogP contribution in [-0.4, -0.2) is 4.98 Å². The van der Waals surface area contributed by atoms with Crippen LogP contribution in [0.4, 0.5) is 5.69 Å². The van der Waals surface area contributed by atoms with Gasteiger partial charge >= 0.3 is 0 Å². The van der Waals surface area contributed by atoms with Gasteiger partial charge < -0.3 is 10.7 Å². The Morgan fingerprint density at radius 2 is 1.70 bits per heavy atom. The number of hydrogen-bond donors (Lipinski definition) is 2. The van der Waals surface area contributed by atoms with E-state index in [1.807, 2.05) is 12.1 Å². The fourth-order valence-electron chi connectivity index (χ4n) is 4.07. The lowest BCUT2D eigenvalue weighted by molar-refractivity contribution is 0.914. The molecule has 1 aliphatic rings. The molecule has 0 saturated heterocycles. The molecule has 0 amide bonds. The lowest BCUT2D eigenvalue weighted by atomic mass is 9.94. The van der Waals surface area contributed by atoms with Gasteiger partial charge in [0.2, 0.25) is 0 Å². The summed E-state index contributed by atoms with van der Waals surface area (Å²) in [7, 11) is 0. The zero-order valence-electron chi connectivity index (χ0n) is 12.9. The van der Waals surface area contributed by atoms with E-state index in [0.717, 1.165) is 11.3 Å². The Morgan fingerprint density at radius 1 is 0.870 bits per heavy atom. The molecule has 0 fully saturated rings. The molecular weight excluding hydrogens is 280 g/mol. The number of rotatable bonds is 1. The number of nitrogen functional groups attached to an aromatic ring is 1. The minimum atomic E-state index is 0.838. The van der Waals surface area contributed by atoms with Crippen LogP contribution in [0.1, 0.15) is 17.5 Å². The summed E-state index contributed by atoms with van der Waals surface area (Å²) in [5, 5.41) is 2.73. The van der Waals surface area contributed by atoms with E-state index in [1.54, 1.807) is 0 Å². The van der Waals surface area contributed by atoms with Crippen molar-refractivity contribution in [3.05, 3.63) is 65.7 Å². The second kappa shape index (κ2) is 4.63. The van der Waals surface area contributed by atoms with Gasteiger partial charge in [0.15, 0.2) is 0 Å². The van der Waals surface area contributed by atoms with Gasteiger partial charge in [-0.05, 0) is 48.6 Å². The first-order chi connectivity index (χ1) is 11.3. The number of para-hydroxylation sites is 2. The SMILES string of the molecule is Nc1ccccc1-c1cc2c(c3c1[nH]c1ccccc13)CCC2. The molecule has 0 aliphatic heterocycles. The average Bonchev–Trinajstić information content (AvgIpc) is 3.18. The summed E-state index contributed by atoms with van der Waals surface area (Å²) in [5.41, 5.74) is 14.9. The van der Waals surface area contributed by atoms with E-state index in [-0.39, 0.29) is 0 Å². The predicted molar refractivity (Wildman–Crippen MR) is 97.7 cm³/mol. The van der Waals surface area contributed by atoms with Gasteiger partial charge in [-0.15, -0.1) is 0 Å². The van der Waals surface area contributed by atoms with Crippen molar-refractivity contribution >= 4 is 27.5 Å². The topological polar surface area (TPSA) is 41.8 Å². The van der Waals surface area contributed by atoms with Gasteiger partial charge in [-0.2, -0.15) is 0 Å². The summed E-state index contributed by atoms with van der Waals surface area (Å²) in [4.78, 5) is 3.65. The largest absolute Gasteiger partial charge is 0.398 e. The fraction of sp³-hybridized carbons (Fsp3) is 0.143. The molecule has 23 heavy (non-hydrogen) atoms. The normalized spacial score (nSPS) is 13.7. The maximum atomic E-state index is 6.27. The molecule has 2 heteroatoms. The number of aromatic amines is 1. The van der Waals surface area contributed by atoms with Crippen molar-refractivity contribution in [2.24, 2.45) is 0 Å². The van der Waals surface area contributed by atoms with Crippen LogP contribution < -0.4 is 5.73 Å². The van der Waals surface area contributed by atoms with Crippen LogP contribution in [0.5, 0.6) is 0 Å². The first-order valence-electron chi connectivity index (χ1n) is 8.23. The molecule has 1 aromatic heterocycles. The first-order valence-corrected chi connectivity index (χ1v) is 8.23. The fourth-order valence-corrected chi connectivity index (χ4v) is 4.07. The van der Waals surface area contributed by atoms with Crippen molar-refractivity contribution in [1.29, 1.82) is 0 Å². The van der Waals surface area contributed by atoms with E-state index < -0.39 is 0 Å². The zero-order valence-corrected chi connectivity index (χ0v) is 12.9. The third-order valence-corrected chi connectivity index (χ3v) is 5.11. The average molecular weight is 298 g/mol. The molecule has 3 N–H and O–H groups in total. The third kappa shape index (κ3) is 1.75. The molecule has 0 radical (unpaired) electrons. The van der Waals surface area contributed by atoms with Crippen molar-refractivity contribution in [3.63, 3.8) is 0 Å². The van der Waals surface area contributed by atoms with E-state index in [0.29, 0.717) is 0 Å². The van der Waals surface area contributed by atoms with Crippen LogP contribution >= 0.6 is 0 Å². The third-order valence-electron chi connectivity index (χ3n) is 5.11. The van der Waals surface area contributed by atoms with Gasteiger partial charge in [-0.25, -0.2) is 0 Å². The second-order valence-corrected chi connectivity index (χ2v) is 6.42. The molecular formula is C21H18N2. The number of H-pyrrole nitrogens is 1. The van der Waals surface area contributed by atoms with Crippen LogP contribution in [0.3, 0.4) is 0 Å². The Labute approximate surface area is 134 Å². The molecule has 0 spiro atoms. The molecule has 1 heterocycles. The first kappa shape index (κ1) is 12.8. The monoisotopic (exact) mass is 298 g/mol. The Morgan fingerprint density at radius 3 is 2.61 bits per heavy atom. The van der Waals surface area contributed by atoms with Crippen LogP contribution in [0.15, 0.2) is 54.6 Å². The standard InChI is InChI=1S/C21H18N2/c22-18-10-3-1-7-15(18)17-12-13-6-5-9-14(13)20-16-8-2-4-11-19(16)23-21(17)20/h1-4,7-8,10-12,23H,5-6,9,22H2. The molecule has 0 atom stereocenters. The van der Waals surface area contributed by atoms with E-state index in [4.69, 9.17) is 5.73 Å². The van der Waals surface area contributed by atoms with Gasteiger partial charge in [0.1, 0.15) is 0 Å². The number of aromatic nitrogens is 1. The quantitative estimate of drug-likeness (QED) is 0.474. The highest BCUT2D eigenvalue weighted by atomic mass is 14.7. The summed E-state index contributed by atoms with van der Waals surface area (Å²) in [6.07, 6.45) is 3.60. The molecule has 3 aromatic carbocycles. The lowest BCUT2D eigenvalue weighted by Crippen LogP contribution is -1.93. The zero-order chi connectivity index (χ0) is 15.4. The van der Waals surface area contributed by atoms with E-state index in [2.05, 4.69) is 47.4 Å². The van der Waals surface area contributed by atoms with Crippen molar-refractivity contribution in [2.45, 2.75) is 19.3 Å². The number of aryl methyl sites for hydroxylation is 2. The van der Waals surface area contributed by atoms with Crippen LogP contribution in [-0.2, 0) is 12.8 Å². The number of anilines is 1.